The summed E-state index contributed by atoms with van der Waals surface area (Å²) in [5.74, 6) is 1.72. The van der Waals surface area contributed by atoms with Gasteiger partial charge in [-0.25, -0.2) is 9.97 Å². The molecule has 4 rings (SSSR count). The molecule has 1 N–H and O–H groups in total. The number of nitrogens with zero attached hydrogens (tertiary/aromatic N) is 5. The Bertz CT molecular complexity index is 677. The van der Waals surface area contributed by atoms with Gasteiger partial charge in [0.05, 0.1) is 6.54 Å². The molecular weight excluding hydrogens is 320 g/mol. The second-order valence-corrected chi connectivity index (χ2v) is 7.11. The highest BCUT2D eigenvalue weighted by atomic mass is 16.2. The Morgan fingerprint density at radius 3 is 2.72 bits per heavy atom. The van der Waals surface area contributed by atoms with Crippen LogP contribution in [0.2, 0.25) is 0 Å². The van der Waals surface area contributed by atoms with Gasteiger partial charge < -0.3 is 20.0 Å². The molecule has 1 aromatic heterocycles. The molecule has 0 radical (unpaired) electrons. The summed E-state index contributed by atoms with van der Waals surface area (Å²) in [7, 11) is 1.82. The first kappa shape index (κ1) is 16.1. The Balaban J connectivity index is 1.50. The van der Waals surface area contributed by atoms with Crippen LogP contribution in [0.4, 0.5) is 11.6 Å². The van der Waals surface area contributed by atoms with Crippen molar-refractivity contribution in [3.05, 3.63) is 12.4 Å². The van der Waals surface area contributed by atoms with Gasteiger partial charge in [0.25, 0.3) is 0 Å². The molecule has 0 aromatic carbocycles. The van der Waals surface area contributed by atoms with E-state index in [1.807, 2.05) is 18.0 Å². The first-order valence-electron chi connectivity index (χ1n) is 9.00. The van der Waals surface area contributed by atoms with Gasteiger partial charge in [0, 0.05) is 38.8 Å². The Labute approximate surface area is 147 Å². The van der Waals surface area contributed by atoms with Gasteiger partial charge in [-0.3, -0.25) is 9.59 Å². The quantitative estimate of drug-likeness (QED) is 0.828. The largest absolute Gasteiger partial charge is 0.352 e. The molecule has 1 aromatic rings. The van der Waals surface area contributed by atoms with Crippen molar-refractivity contribution in [1.82, 2.24) is 20.2 Å². The highest BCUT2D eigenvalue weighted by molar-refractivity contribution is 5.86. The summed E-state index contributed by atoms with van der Waals surface area (Å²) in [5.41, 5.74) is 0. The van der Waals surface area contributed by atoms with E-state index in [2.05, 4.69) is 20.2 Å². The van der Waals surface area contributed by atoms with Crippen LogP contribution in [0.25, 0.3) is 0 Å². The number of anilines is 2. The lowest BCUT2D eigenvalue weighted by Gasteiger charge is -2.33. The molecule has 0 bridgehead atoms. The highest BCUT2D eigenvalue weighted by Crippen LogP contribution is 2.27. The molecule has 2 amide bonds. The highest BCUT2D eigenvalue weighted by Gasteiger charge is 2.35. The van der Waals surface area contributed by atoms with Crippen LogP contribution in [-0.4, -0.2) is 72.0 Å². The average molecular weight is 344 g/mol. The second-order valence-electron chi connectivity index (χ2n) is 7.11. The van der Waals surface area contributed by atoms with E-state index in [0.29, 0.717) is 19.1 Å². The monoisotopic (exact) mass is 344 g/mol. The van der Waals surface area contributed by atoms with Crippen LogP contribution in [0.5, 0.6) is 0 Å². The maximum atomic E-state index is 12.5. The molecule has 25 heavy (non-hydrogen) atoms. The molecule has 1 saturated carbocycles. The number of hydrogen-bond acceptors (Lipinski definition) is 6. The lowest BCUT2D eigenvalue weighted by atomic mass is 10.2. The summed E-state index contributed by atoms with van der Waals surface area (Å²) < 4.78 is 0. The molecule has 134 valence electrons. The molecule has 0 spiro atoms. The van der Waals surface area contributed by atoms with Crippen molar-refractivity contribution < 1.29 is 9.59 Å². The van der Waals surface area contributed by atoms with Gasteiger partial charge in [0.1, 0.15) is 24.0 Å². The number of rotatable bonds is 4. The first-order valence-corrected chi connectivity index (χ1v) is 9.00. The smallest absolute Gasteiger partial charge is 0.242 e. The fourth-order valence-corrected chi connectivity index (χ4v) is 3.46. The van der Waals surface area contributed by atoms with Gasteiger partial charge in [-0.15, -0.1) is 0 Å². The minimum atomic E-state index is -0.155. The first-order chi connectivity index (χ1) is 12.1. The SMILES string of the molecule is CN1CCN(c2cc(N3CCCC3C(=O)NC3CC3)ncn2)CC1=O. The lowest BCUT2D eigenvalue weighted by Crippen LogP contribution is -2.49. The number of likely N-dealkylation sites (N-methyl/N-ethyl adjacent to an activating group) is 1. The summed E-state index contributed by atoms with van der Waals surface area (Å²) in [6.07, 6.45) is 5.54. The fourth-order valence-electron chi connectivity index (χ4n) is 3.46. The van der Waals surface area contributed by atoms with Crippen molar-refractivity contribution in [3.63, 3.8) is 0 Å². The number of nitrogens with one attached hydrogen (secondary N) is 1. The van der Waals surface area contributed by atoms with Gasteiger partial charge >= 0.3 is 0 Å². The molecule has 1 aliphatic carbocycles. The second kappa shape index (κ2) is 6.50. The van der Waals surface area contributed by atoms with Crippen LogP contribution in [0, 0.1) is 0 Å². The van der Waals surface area contributed by atoms with Crippen LogP contribution >= 0.6 is 0 Å². The van der Waals surface area contributed by atoms with Crippen molar-refractivity contribution in [2.24, 2.45) is 0 Å². The Kier molecular flexibility index (Phi) is 4.19. The average Bonchev–Trinajstić information content (AvgIpc) is 3.29. The predicted octanol–water partition coefficient (Wildman–Crippen LogP) is 0.00240. The van der Waals surface area contributed by atoms with E-state index in [1.54, 1.807) is 4.90 Å². The van der Waals surface area contributed by atoms with E-state index in [-0.39, 0.29) is 17.9 Å². The molecule has 8 nitrogen and oxygen atoms in total. The Morgan fingerprint density at radius 2 is 1.96 bits per heavy atom. The summed E-state index contributed by atoms with van der Waals surface area (Å²) in [6.45, 7) is 2.60. The van der Waals surface area contributed by atoms with Gasteiger partial charge in [0.2, 0.25) is 11.8 Å². The topological polar surface area (TPSA) is 81.7 Å². The standard InChI is InChI=1S/C17H24N6O2/c1-21-7-8-22(10-16(21)24)14-9-15(19-11-18-14)23-6-2-3-13(23)17(25)20-12-4-5-12/h9,11-13H,2-8,10H2,1H3,(H,20,25). The molecule has 1 unspecified atom stereocenters. The van der Waals surface area contributed by atoms with Crippen LogP contribution in [0.1, 0.15) is 25.7 Å². The van der Waals surface area contributed by atoms with Crippen LogP contribution < -0.4 is 15.1 Å². The van der Waals surface area contributed by atoms with E-state index in [1.165, 1.54) is 6.33 Å². The fraction of sp³-hybridized carbons (Fsp3) is 0.647. The maximum Gasteiger partial charge on any atom is 0.242 e. The van der Waals surface area contributed by atoms with Crippen molar-refractivity contribution in [2.75, 3.05) is 43.0 Å². The van der Waals surface area contributed by atoms with Crippen molar-refractivity contribution in [3.8, 4) is 0 Å². The van der Waals surface area contributed by atoms with Gasteiger partial charge in [-0.1, -0.05) is 0 Å². The number of amides is 2. The van der Waals surface area contributed by atoms with Crippen LogP contribution in [0.15, 0.2) is 12.4 Å². The minimum absolute atomic E-state index is 0.0919. The van der Waals surface area contributed by atoms with Gasteiger partial charge in [-0.2, -0.15) is 0 Å². The zero-order valence-electron chi connectivity index (χ0n) is 14.5. The summed E-state index contributed by atoms with van der Waals surface area (Å²) in [6, 6.07) is 2.12. The zero-order chi connectivity index (χ0) is 17.4. The molecule has 3 aliphatic rings. The number of aromatic nitrogens is 2. The molecule has 2 saturated heterocycles. The number of hydrogen-bond donors (Lipinski definition) is 1. The summed E-state index contributed by atoms with van der Waals surface area (Å²) in [4.78, 5) is 38.9. The van der Waals surface area contributed by atoms with Crippen LogP contribution in [-0.2, 0) is 9.59 Å². The molecule has 3 fully saturated rings. The lowest BCUT2D eigenvalue weighted by molar-refractivity contribution is -0.129. The van der Waals surface area contributed by atoms with Crippen molar-refractivity contribution >= 4 is 23.5 Å². The van der Waals surface area contributed by atoms with Crippen LogP contribution in [0.3, 0.4) is 0 Å². The minimum Gasteiger partial charge on any atom is -0.352 e. The molecular formula is C17H24N6O2. The summed E-state index contributed by atoms with van der Waals surface area (Å²) in [5, 5.41) is 3.10. The van der Waals surface area contributed by atoms with E-state index < -0.39 is 0 Å². The van der Waals surface area contributed by atoms with Gasteiger partial charge in [-0.05, 0) is 25.7 Å². The molecule has 2 aliphatic heterocycles. The maximum absolute atomic E-state index is 12.5. The van der Waals surface area contributed by atoms with E-state index in [0.717, 1.165) is 50.4 Å². The third kappa shape index (κ3) is 3.38. The third-order valence-electron chi connectivity index (χ3n) is 5.19. The summed E-state index contributed by atoms with van der Waals surface area (Å²) >= 11 is 0. The molecule has 3 heterocycles. The molecule has 1 atom stereocenters. The Hall–Kier alpha value is -2.38. The van der Waals surface area contributed by atoms with E-state index in [9.17, 15) is 9.59 Å². The van der Waals surface area contributed by atoms with E-state index in [4.69, 9.17) is 0 Å². The van der Waals surface area contributed by atoms with Crippen molar-refractivity contribution in [1.29, 1.82) is 0 Å². The van der Waals surface area contributed by atoms with Gasteiger partial charge in [0.15, 0.2) is 0 Å². The third-order valence-corrected chi connectivity index (χ3v) is 5.19. The zero-order valence-corrected chi connectivity index (χ0v) is 14.5. The molecule has 8 heteroatoms. The predicted molar refractivity (Wildman–Crippen MR) is 93.4 cm³/mol. The Morgan fingerprint density at radius 1 is 1.16 bits per heavy atom. The number of carbonyl (C=O) groups excluding carboxylic acids is 2. The number of carbonyl (C=O) groups is 2. The van der Waals surface area contributed by atoms with E-state index >= 15 is 0 Å². The number of piperazine rings is 1. The van der Waals surface area contributed by atoms with Crippen molar-refractivity contribution in [2.45, 2.75) is 37.8 Å². The normalized spacial score (nSPS) is 24.0.